The van der Waals surface area contributed by atoms with E-state index in [1.807, 2.05) is 13.0 Å². The minimum atomic E-state index is -0.500. The van der Waals surface area contributed by atoms with Crippen molar-refractivity contribution in [2.24, 2.45) is 0 Å². The number of ether oxygens (including phenoxy) is 1. The largest absolute Gasteiger partial charge is 0.458 e. The summed E-state index contributed by atoms with van der Waals surface area (Å²) < 4.78 is 6.47. The van der Waals surface area contributed by atoms with Crippen molar-refractivity contribution < 1.29 is 19.1 Å². The summed E-state index contributed by atoms with van der Waals surface area (Å²) in [5.41, 5.74) is 4.59. The van der Waals surface area contributed by atoms with E-state index in [0.717, 1.165) is 22.3 Å². The Hall–Kier alpha value is -5.37. The number of hydrogen-bond acceptors (Lipinski definition) is 8. The molecule has 11 heteroatoms. The van der Waals surface area contributed by atoms with Crippen LogP contribution in [0.4, 0.5) is 0 Å². The van der Waals surface area contributed by atoms with Gasteiger partial charge in [0, 0.05) is 12.6 Å². The second-order valence-corrected chi connectivity index (χ2v) is 9.25. The quantitative estimate of drug-likeness (QED) is 0.258. The summed E-state index contributed by atoms with van der Waals surface area (Å²) in [7, 11) is 0. The molecule has 2 N–H and O–H groups in total. The van der Waals surface area contributed by atoms with Crippen LogP contribution in [0.25, 0.3) is 5.78 Å². The molecule has 200 valence electrons. The molecule has 2 aromatic heterocycles. The van der Waals surface area contributed by atoms with Crippen LogP contribution >= 0.6 is 0 Å². The molecule has 0 bridgehead atoms. The van der Waals surface area contributed by atoms with Crippen molar-refractivity contribution in [1.29, 1.82) is 5.26 Å². The van der Waals surface area contributed by atoms with E-state index in [0.29, 0.717) is 24.0 Å². The van der Waals surface area contributed by atoms with Crippen LogP contribution < -0.4 is 10.6 Å². The maximum Gasteiger partial charge on any atom is 0.338 e. The number of carbonyl (C=O) groups is 3. The maximum absolute atomic E-state index is 13.5. The summed E-state index contributed by atoms with van der Waals surface area (Å²) >= 11 is 0. The summed E-state index contributed by atoms with van der Waals surface area (Å²) in [5.74, 6) is -1.26. The average Bonchev–Trinajstić information content (AvgIpc) is 3.62. The first-order valence-corrected chi connectivity index (χ1v) is 12.6. The zero-order chi connectivity index (χ0) is 28.2. The number of nitrogens with zero attached hydrogens (tertiary/aromatic N) is 5. The fourth-order valence-electron chi connectivity index (χ4n) is 4.81. The Balaban J connectivity index is 1.35. The highest BCUT2D eigenvalue weighted by molar-refractivity contribution is 5.98. The lowest BCUT2D eigenvalue weighted by Crippen LogP contribution is -2.30. The lowest BCUT2D eigenvalue weighted by molar-refractivity contribution is 0.0548. The van der Waals surface area contributed by atoms with Crippen molar-refractivity contribution in [2.75, 3.05) is 6.61 Å². The molecule has 11 nitrogen and oxygen atoms in total. The van der Waals surface area contributed by atoms with Gasteiger partial charge < -0.3 is 15.4 Å². The topological polar surface area (TPSA) is 151 Å². The van der Waals surface area contributed by atoms with Gasteiger partial charge in [-0.3, -0.25) is 9.59 Å². The van der Waals surface area contributed by atoms with Crippen LogP contribution in [0.1, 0.15) is 71.6 Å². The predicted molar refractivity (Wildman–Crippen MR) is 143 cm³/mol. The molecule has 2 amide bonds. The number of rotatable bonds is 8. The minimum Gasteiger partial charge on any atom is -0.458 e. The number of nitrogens with one attached hydrogen (secondary N) is 2. The van der Waals surface area contributed by atoms with Gasteiger partial charge in [-0.15, -0.1) is 0 Å². The SMILES string of the molecule is C=CCOC(=O)c1ccc2c(c1C)CC[C@@H]2NC(=O)c1cc(C(=O)NCc2cccc(C#N)c2)nc2ncnn12. The summed E-state index contributed by atoms with van der Waals surface area (Å²) in [6, 6.07) is 13.6. The molecule has 2 aromatic carbocycles. The first-order valence-electron chi connectivity index (χ1n) is 12.6. The zero-order valence-electron chi connectivity index (χ0n) is 21.7. The maximum atomic E-state index is 13.5. The second-order valence-electron chi connectivity index (χ2n) is 9.25. The van der Waals surface area contributed by atoms with E-state index in [1.54, 1.807) is 30.3 Å². The molecule has 0 unspecified atom stereocenters. The van der Waals surface area contributed by atoms with Crippen LogP contribution in [0.2, 0.25) is 0 Å². The van der Waals surface area contributed by atoms with Gasteiger partial charge in [-0.1, -0.05) is 30.9 Å². The van der Waals surface area contributed by atoms with Crippen LogP contribution in [0.3, 0.4) is 0 Å². The van der Waals surface area contributed by atoms with E-state index in [1.165, 1.54) is 23.0 Å². The van der Waals surface area contributed by atoms with Gasteiger partial charge in [0.15, 0.2) is 0 Å². The molecule has 1 atom stereocenters. The number of benzene rings is 2. The molecular formula is C29H25N7O4. The number of fused-ring (bicyclic) bond motifs is 2. The van der Waals surface area contributed by atoms with Crippen LogP contribution in [-0.4, -0.2) is 44.0 Å². The standard InChI is InChI=1S/C29H25N7O4/c1-3-11-40-28(39)21-7-8-22-20(17(21)2)9-10-23(22)34-27(38)25-13-24(35-29-32-16-33-36(25)29)26(37)31-15-19-6-4-5-18(12-19)14-30/h3-8,12-13,16,23H,1,9-11,15H2,2H3,(H,31,37)(H,34,38)/t23-/m0/s1. The van der Waals surface area contributed by atoms with E-state index in [4.69, 9.17) is 10.00 Å². The van der Waals surface area contributed by atoms with E-state index >= 15 is 0 Å². The van der Waals surface area contributed by atoms with Gasteiger partial charge in [-0.2, -0.15) is 19.9 Å². The fourth-order valence-corrected chi connectivity index (χ4v) is 4.81. The summed E-state index contributed by atoms with van der Waals surface area (Å²) in [5, 5.41) is 19.0. The van der Waals surface area contributed by atoms with Crippen molar-refractivity contribution in [3.8, 4) is 6.07 Å². The van der Waals surface area contributed by atoms with Gasteiger partial charge in [-0.25, -0.2) is 9.78 Å². The number of carbonyl (C=O) groups excluding carboxylic acids is 3. The van der Waals surface area contributed by atoms with Gasteiger partial charge in [0.25, 0.3) is 17.6 Å². The molecule has 5 rings (SSSR count). The molecule has 0 aliphatic heterocycles. The lowest BCUT2D eigenvalue weighted by atomic mass is 9.98. The number of hydrogen-bond donors (Lipinski definition) is 2. The highest BCUT2D eigenvalue weighted by Gasteiger charge is 2.29. The number of esters is 1. The normalized spacial score (nSPS) is 13.8. The smallest absolute Gasteiger partial charge is 0.338 e. The van der Waals surface area contributed by atoms with Crippen LogP contribution in [0, 0.1) is 18.3 Å². The van der Waals surface area contributed by atoms with Gasteiger partial charge in [0.05, 0.1) is 23.2 Å². The molecule has 2 heterocycles. The molecule has 0 radical (unpaired) electrons. The molecule has 0 fully saturated rings. The Morgan fingerprint density at radius 2 is 2.08 bits per heavy atom. The van der Waals surface area contributed by atoms with Crippen molar-refractivity contribution in [2.45, 2.75) is 32.4 Å². The van der Waals surface area contributed by atoms with E-state index in [-0.39, 0.29) is 36.4 Å². The third kappa shape index (κ3) is 5.15. The van der Waals surface area contributed by atoms with Gasteiger partial charge in [0.1, 0.15) is 24.3 Å². The zero-order valence-corrected chi connectivity index (χ0v) is 21.7. The number of aromatic nitrogens is 4. The first kappa shape index (κ1) is 26.2. The summed E-state index contributed by atoms with van der Waals surface area (Å²) in [6.45, 7) is 5.74. The van der Waals surface area contributed by atoms with Crippen molar-refractivity contribution >= 4 is 23.6 Å². The Morgan fingerprint density at radius 3 is 2.88 bits per heavy atom. The molecular weight excluding hydrogens is 510 g/mol. The Labute approximate surface area is 229 Å². The highest BCUT2D eigenvalue weighted by atomic mass is 16.5. The van der Waals surface area contributed by atoms with E-state index in [2.05, 4.69) is 38.3 Å². The van der Waals surface area contributed by atoms with Crippen molar-refractivity contribution in [3.63, 3.8) is 0 Å². The monoisotopic (exact) mass is 535 g/mol. The molecule has 1 aliphatic carbocycles. The van der Waals surface area contributed by atoms with Crippen molar-refractivity contribution in [1.82, 2.24) is 30.2 Å². The van der Waals surface area contributed by atoms with Crippen molar-refractivity contribution in [3.05, 3.63) is 106 Å². The Kier molecular flexibility index (Phi) is 7.33. The Bertz CT molecular complexity index is 1700. The molecule has 0 saturated carbocycles. The van der Waals surface area contributed by atoms with Crippen LogP contribution in [0.5, 0.6) is 0 Å². The predicted octanol–water partition coefficient (Wildman–Crippen LogP) is 2.99. The number of amides is 2. The van der Waals surface area contributed by atoms with E-state index < -0.39 is 17.8 Å². The molecule has 40 heavy (non-hydrogen) atoms. The molecule has 0 spiro atoms. The second kappa shape index (κ2) is 11.2. The van der Waals surface area contributed by atoms with E-state index in [9.17, 15) is 14.4 Å². The molecule has 1 aliphatic rings. The third-order valence-electron chi connectivity index (χ3n) is 6.78. The highest BCUT2D eigenvalue weighted by Crippen LogP contribution is 2.35. The first-order chi connectivity index (χ1) is 19.4. The van der Waals surface area contributed by atoms with Gasteiger partial charge in [0.2, 0.25) is 0 Å². The van der Waals surface area contributed by atoms with Gasteiger partial charge >= 0.3 is 5.97 Å². The fraction of sp³-hybridized carbons (Fsp3) is 0.207. The average molecular weight is 536 g/mol. The summed E-state index contributed by atoms with van der Waals surface area (Å²) in [6.07, 6.45) is 4.11. The summed E-state index contributed by atoms with van der Waals surface area (Å²) in [4.78, 5) is 47.1. The van der Waals surface area contributed by atoms with Crippen LogP contribution in [0.15, 0.2) is 61.4 Å². The lowest BCUT2D eigenvalue weighted by Gasteiger charge is -2.16. The van der Waals surface area contributed by atoms with Crippen LogP contribution in [-0.2, 0) is 17.7 Å². The number of nitriles is 1. The molecule has 4 aromatic rings. The third-order valence-corrected chi connectivity index (χ3v) is 6.78. The van der Waals surface area contributed by atoms with Gasteiger partial charge in [-0.05, 0) is 60.2 Å². The minimum absolute atomic E-state index is 0.00688. The molecule has 0 saturated heterocycles. The Morgan fingerprint density at radius 1 is 1.23 bits per heavy atom.